The van der Waals surface area contributed by atoms with Crippen LogP contribution in [0.5, 0.6) is 5.75 Å². The molecule has 0 aliphatic heterocycles. The third-order valence-corrected chi connectivity index (χ3v) is 3.34. The normalized spacial score (nSPS) is 13.6. The van der Waals surface area contributed by atoms with E-state index in [2.05, 4.69) is 5.32 Å². The maximum Gasteiger partial charge on any atom is 0.131 e. The van der Waals surface area contributed by atoms with Gasteiger partial charge in [0.1, 0.15) is 17.4 Å². The largest absolute Gasteiger partial charge is 0.497 e. The molecule has 2 rings (SSSR count). The minimum atomic E-state index is -1.27. The number of ether oxygens (including phenoxy) is 1. The van der Waals surface area contributed by atoms with Crippen molar-refractivity contribution in [3.05, 3.63) is 59.7 Å². The predicted molar refractivity (Wildman–Crippen MR) is 77.4 cm³/mol. The average Bonchev–Trinajstić information content (AvgIpc) is 2.48. The molecule has 5 heteroatoms. The van der Waals surface area contributed by atoms with E-state index in [4.69, 9.17) is 4.74 Å². The Kier molecular flexibility index (Phi) is 4.43. The molecule has 2 aromatic carbocycles. The van der Waals surface area contributed by atoms with Crippen molar-refractivity contribution < 1.29 is 18.6 Å². The van der Waals surface area contributed by atoms with Gasteiger partial charge in [0.05, 0.1) is 24.8 Å². The molecule has 0 aliphatic carbocycles. The third-order valence-electron chi connectivity index (χ3n) is 3.34. The topological polar surface area (TPSA) is 41.5 Å². The summed E-state index contributed by atoms with van der Waals surface area (Å²) in [5, 5.41) is 12.6. The van der Waals surface area contributed by atoms with E-state index >= 15 is 0 Å². The monoisotopic (exact) mass is 293 g/mol. The van der Waals surface area contributed by atoms with E-state index in [1.54, 1.807) is 38.3 Å². The molecular formula is C16H17F2NO2. The van der Waals surface area contributed by atoms with Gasteiger partial charge in [0.2, 0.25) is 0 Å². The molecule has 0 aliphatic rings. The molecule has 112 valence electrons. The van der Waals surface area contributed by atoms with Gasteiger partial charge < -0.3 is 15.2 Å². The van der Waals surface area contributed by atoms with Gasteiger partial charge in [-0.1, -0.05) is 6.07 Å². The fourth-order valence-electron chi connectivity index (χ4n) is 2.20. The average molecular weight is 293 g/mol. The lowest BCUT2D eigenvalue weighted by molar-refractivity contribution is 0.216. The number of methoxy groups -OCH3 is 1. The van der Waals surface area contributed by atoms with Gasteiger partial charge in [-0.25, -0.2) is 8.78 Å². The highest BCUT2D eigenvalue weighted by Crippen LogP contribution is 2.30. The summed E-state index contributed by atoms with van der Waals surface area (Å²) >= 11 is 0. The molecular weight excluding hydrogens is 276 g/mol. The first kappa shape index (κ1) is 15.3. The fraction of sp³-hybridized carbons (Fsp3) is 0.250. The van der Waals surface area contributed by atoms with E-state index in [-0.39, 0.29) is 5.56 Å². The number of benzene rings is 2. The number of aliphatic hydroxyl groups excluding tert-OH is 1. The van der Waals surface area contributed by atoms with Crippen molar-refractivity contribution in [3.8, 4) is 5.75 Å². The zero-order valence-corrected chi connectivity index (χ0v) is 11.9. The highest BCUT2D eigenvalue weighted by atomic mass is 19.1. The van der Waals surface area contributed by atoms with Gasteiger partial charge in [-0.15, -0.1) is 0 Å². The van der Waals surface area contributed by atoms with Crippen LogP contribution in [0.1, 0.15) is 12.5 Å². The van der Waals surface area contributed by atoms with Crippen LogP contribution in [0, 0.1) is 11.6 Å². The molecule has 0 aromatic heterocycles. The van der Waals surface area contributed by atoms with E-state index < -0.39 is 23.8 Å². The lowest BCUT2D eigenvalue weighted by atomic mass is 9.91. The van der Waals surface area contributed by atoms with Crippen molar-refractivity contribution in [1.29, 1.82) is 0 Å². The predicted octanol–water partition coefficient (Wildman–Crippen LogP) is 3.29. The van der Waals surface area contributed by atoms with Crippen molar-refractivity contribution >= 4 is 5.69 Å². The number of hydrogen-bond acceptors (Lipinski definition) is 3. The quantitative estimate of drug-likeness (QED) is 0.889. The molecule has 1 unspecified atom stereocenters. The van der Waals surface area contributed by atoms with E-state index in [0.717, 1.165) is 0 Å². The molecule has 0 bridgehead atoms. The lowest BCUT2D eigenvalue weighted by Gasteiger charge is -2.31. The molecule has 0 fully saturated rings. The Labute approximate surface area is 122 Å². The van der Waals surface area contributed by atoms with Crippen LogP contribution in [0.15, 0.2) is 42.5 Å². The molecule has 0 spiro atoms. The summed E-state index contributed by atoms with van der Waals surface area (Å²) in [6.07, 6.45) is 0. The Bertz CT molecular complexity index is 596. The maximum atomic E-state index is 13.9. The first-order valence-electron chi connectivity index (χ1n) is 6.48. The van der Waals surface area contributed by atoms with Crippen LogP contribution >= 0.6 is 0 Å². The second-order valence-corrected chi connectivity index (χ2v) is 4.94. The van der Waals surface area contributed by atoms with Gasteiger partial charge in [0.25, 0.3) is 0 Å². The van der Waals surface area contributed by atoms with Gasteiger partial charge in [-0.2, -0.15) is 0 Å². The Morgan fingerprint density at radius 3 is 2.14 bits per heavy atom. The molecule has 1 atom stereocenters. The highest BCUT2D eigenvalue weighted by Gasteiger charge is 2.32. The summed E-state index contributed by atoms with van der Waals surface area (Å²) in [6, 6.07) is 10.5. The number of nitrogens with one attached hydrogen (secondary N) is 1. The van der Waals surface area contributed by atoms with Crippen LogP contribution in [-0.4, -0.2) is 18.8 Å². The van der Waals surface area contributed by atoms with Crippen LogP contribution in [0.25, 0.3) is 0 Å². The van der Waals surface area contributed by atoms with Crippen LogP contribution < -0.4 is 10.1 Å². The molecule has 0 heterocycles. The van der Waals surface area contributed by atoms with Gasteiger partial charge >= 0.3 is 0 Å². The van der Waals surface area contributed by atoms with E-state index in [1.165, 1.54) is 18.2 Å². The Morgan fingerprint density at radius 2 is 1.67 bits per heavy atom. The summed E-state index contributed by atoms with van der Waals surface area (Å²) in [4.78, 5) is 0. The van der Waals surface area contributed by atoms with Crippen molar-refractivity contribution in [2.24, 2.45) is 0 Å². The summed E-state index contributed by atoms with van der Waals surface area (Å²) < 4.78 is 32.9. The first-order chi connectivity index (χ1) is 10.00. The zero-order chi connectivity index (χ0) is 15.5. The van der Waals surface area contributed by atoms with Gasteiger partial charge in [-0.3, -0.25) is 0 Å². The van der Waals surface area contributed by atoms with Crippen molar-refractivity contribution in [2.45, 2.75) is 12.5 Å². The molecule has 2 N–H and O–H groups in total. The van der Waals surface area contributed by atoms with E-state index in [1.807, 2.05) is 0 Å². The van der Waals surface area contributed by atoms with Gasteiger partial charge in [-0.05, 0) is 43.3 Å². The second-order valence-electron chi connectivity index (χ2n) is 4.94. The minimum absolute atomic E-state index is 0.191. The maximum absolute atomic E-state index is 13.9. The second kappa shape index (κ2) is 6.10. The molecule has 3 nitrogen and oxygen atoms in total. The molecule has 21 heavy (non-hydrogen) atoms. The van der Waals surface area contributed by atoms with Gasteiger partial charge in [0, 0.05) is 5.69 Å². The summed E-state index contributed by atoms with van der Waals surface area (Å²) in [6.45, 7) is 1.08. The standard InChI is InChI=1S/C16H17F2NO2/c1-16(10-20,15-13(17)4-3-5-14(15)18)19-11-6-8-12(21-2)9-7-11/h3-9,19-20H,10H2,1-2H3. The fourth-order valence-corrected chi connectivity index (χ4v) is 2.20. The number of rotatable bonds is 5. The van der Waals surface area contributed by atoms with E-state index in [9.17, 15) is 13.9 Å². The van der Waals surface area contributed by atoms with Crippen molar-refractivity contribution in [3.63, 3.8) is 0 Å². The van der Waals surface area contributed by atoms with Crippen LogP contribution in [-0.2, 0) is 5.54 Å². The van der Waals surface area contributed by atoms with E-state index in [0.29, 0.717) is 11.4 Å². The molecule has 0 radical (unpaired) electrons. The third kappa shape index (κ3) is 3.13. The number of halogens is 2. The Balaban J connectivity index is 2.36. The van der Waals surface area contributed by atoms with Crippen molar-refractivity contribution in [2.75, 3.05) is 19.0 Å². The Morgan fingerprint density at radius 1 is 1.10 bits per heavy atom. The van der Waals surface area contributed by atoms with Crippen LogP contribution in [0.4, 0.5) is 14.5 Å². The first-order valence-corrected chi connectivity index (χ1v) is 6.48. The number of anilines is 1. The molecule has 0 saturated heterocycles. The molecule has 0 saturated carbocycles. The lowest BCUT2D eigenvalue weighted by Crippen LogP contribution is -2.37. The summed E-state index contributed by atoms with van der Waals surface area (Å²) in [5.41, 5.74) is -0.845. The number of aliphatic hydroxyl groups is 1. The van der Waals surface area contributed by atoms with Crippen LogP contribution in [0.3, 0.4) is 0 Å². The highest BCUT2D eigenvalue weighted by molar-refractivity contribution is 5.50. The smallest absolute Gasteiger partial charge is 0.131 e. The summed E-state index contributed by atoms with van der Waals surface area (Å²) in [5.74, 6) is -0.733. The van der Waals surface area contributed by atoms with Crippen LogP contribution in [0.2, 0.25) is 0 Å². The molecule has 2 aromatic rings. The van der Waals surface area contributed by atoms with Crippen molar-refractivity contribution in [1.82, 2.24) is 0 Å². The zero-order valence-electron chi connectivity index (χ0n) is 11.9. The van der Waals surface area contributed by atoms with Gasteiger partial charge in [0.15, 0.2) is 0 Å². The Hall–Kier alpha value is -2.14. The number of hydrogen-bond donors (Lipinski definition) is 2. The SMILES string of the molecule is COc1ccc(NC(C)(CO)c2c(F)cccc2F)cc1. The molecule has 0 amide bonds. The summed E-state index contributed by atoms with van der Waals surface area (Å²) in [7, 11) is 1.55. The minimum Gasteiger partial charge on any atom is -0.497 e.